The van der Waals surface area contributed by atoms with Crippen molar-refractivity contribution in [2.45, 2.75) is 86.7 Å². The largest absolute Gasteiger partial charge is 0.490 e. The second kappa shape index (κ2) is 14.3. The number of aryl methyl sites for hydroxylation is 6. The molecule has 0 fully saturated rings. The molecule has 6 heteroatoms. The number of ether oxygens (including phenoxy) is 2. The fourth-order valence-electron chi connectivity index (χ4n) is 6.00. The summed E-state index contributed by atoms with van der Waals surface area (Å²) in [6.07, 6.45) is 8.43. The van der Waals surface area contributed by atoms with Crippen molar-refractivity contribution in [3.63, 3.8) is 0 Å². The number of benzene rings is 3. The van der Waals surface area contributed by atoms with Gasteiger partial charge in [0.05, 0.1) is 12.2 Å². The van der Waals surface area contributed by atoms with E-state index < -0.39 is 0 Å². The van der Waals surface area contributed by atoms with E-state index in [2.05, 4.69) is 50.4 Å². The molecule has 1 aliphatic rings. The van der Waals surface area contributed by atoms with Gasteiger partial charge in [0.15, 0.2) is 11.5 Å². The van der Waals surface area contributed by atoms with Gasteiger partial charge in [0, 0.05) is 16.8 Å². The van der Waals surface area contributed by atoms with Crippen LogP contribution < -0.4 is 14.8 Å². The number of thiophene rings is 1. The van der Waals surface area contributed by atoms with E-state index in [1.165, 1.54) is 45.5 Å². The van der Waals surface area contributed by atoms with Crippen LogP contribution in [0.2, 0.25) is 0 Å². The van der Waals surface area contributed by atoms with Crippen LogP contribution in [-0.2, 0) is 19.4 Å². The molecule has 3 aromatic carbocycles. The minimum Gasteiger partial charge on any atom is -0.490 e. The highest BCUT2D eigenvalue weighted by Crippen LogP contribution is 2.40. The Bertz CT molecular complexity index is 1660. The molecule has 1 aliphatic carbocycles. The minimum absolute atomic E-state index is 0.0793. The molecule has 1 N–H and O–H groups in total. The summed E-state index contributed by atoms with van der Waals surface area (Å²) in [5, 5.41) is 3.97. The van der Waals surface area contributed by atoms with Gasteiger partial charge in [-0.25, -0.2) is 4.99 Å². The number of nitrogens with zero attached hydrogens (tertiary/aromatic N) is 1. The van der Waals surface area contributed by atoms with Crippen LogP contribution in [0.1, 0.15) is 92.3 Å². The van der Waals surface area contributed by atoms with Gasteiger partial charge >= 0.3 is 0 Å². The molecule has 5 nitrogen and oxygen atoms in total. The second-order valence-corrected chi connectivity index (χ2v) is 13.0. The topological polar surface area (TPSA) is 59.9 Å². The number of aliphatic imine (C=N–C) groups is 1. The van der Waals surface area contributed by atoms with E-state index in [0.29, 0.717) is 24.7 Å². The first-order valence-electron chi connectivity index (χ1n) is 15.8. The van der Waals surface area contributed by atoms with Gasteiger partial charge in [-0.3, -0.25) is 4.79 Å². The molecule has 1 amide bonds. The lowest BCUT2D eigenvalue weighted by molar-refractivity contribution is 0.102. The van der Waals surface area contributed by atoms with Gasteiger partial charge in [0.25, 0.3) is 5.91 Å². The standard InChI is InChI=1S/C38H44N2O3S/c1-7-42-34-21-29(16-17-33(34)43-23-31-27(5)18-25(3)19-28(31)6)22-39-38-36(30-12-10-8-9-11-13-35(30)44-38)37(41)40-32-20-24(2)14-15-26(32)4/h14-22H,7-13,23H2,1-6H3,(H,40,41). The summed E-state index contributed by atoms with van der Waals surface area (Å²) in [6, 6.07) is 16.5. The molecule has 0 aliphatic heterocycles. The average Bonchev–Trinajstić information content (AvgIpc) is 3.30. The Morgan fingerprint density at radius 2 is 1.59 bits per heavy atom. The molecular formula is C38H44N2O3S. The predicted molar refractivity (Wildman–Crippen MR) is 184 cm³/mol. The monoisotopic (exact) mass is 608 g/mol. The van der Waals surface area contributed by atoms with Crippen LogP contribution in [0.3, 0.4) is 0 Å². The zero-order chi connectivity index (χ0) is 31.2. The van der Waals surface area contributed by atoms with E-state index in [1.807, 2.05) is 51.3 Å². The third kappa shape index (κ3) is 7.41. The fourth-order valence-corrected chi connectivity index (χ4v) is 7.23. The highest BCUT2D eigenvalue weighted by atomic mass is 32.1. The summed E-state index contributed by atoms with van der Waals surface area (Å²) >= 11 is 1.66. The van der Waals surface area contributed by atoms with Gasteiger partial charge in [0.1, 0.15) is 11.6 Å². The van der Waals surface area contributed by atoms with Crippen LogP contribution in [-0.4, -0.2) is 18.7 Å². The SMILES string of the molecule is CCOc1cc(C=Nc2sc3c(c2C(=O)Nc2cc(C)ccc2C)CCCCCC3)ccc1OCc1c(C)cc(C)cc1C. The number of hydrogen-bond donors (Lipinski definition) is 1. The zero-order valence-corrected chi connectivity index (χ0v) is 27.7. The van der Waals surface area contributed by atoms with Crippen LogP contribution in [0.25, 0.3) is 0 Å². The molecule has 1 heterocycles. The number of rotatable bonds is 9. The van der Waals surface area contributed by atoms with E-state index in [4.69, 9.17) is 14.5 Å². The number of nitrogens with one attached hydrogen (secondary N) is 1. The second-order valence-electron chi connectivity index (χ2n) is 11.9. The molecular weight excluding hydrogens is 564 g/mol. The quantitative estimate of drug-likeness (QED) is 0.192. The highest BCUT2D eigenvalue weighted by molar-refractivity contribution is 7.16. The normalized spacial score (nSPS) is 13.3. The number of hydrogen-bond acceptors (Lipinski definition) is 5. The van der Waals surface area contributed by atoms with E-state index in [1.54, 1.807) is 11.3 Å². The van der Waals surface area contributed by atoms with E-state index in [0.717, 1.165) is 58.6 Å². The third-order valence-electron chi connectivity index (χ3n) is 8.33. The van der Waals surface area contributed by atoms with Gasteiger partial charge in [-0.05, 0) is 130 Å². The van der Waals surface area contributed by atoms with Crippen LogP contribution in [0, 0.1) is 34.6 Å². The number of amides is 1. The first kappa shape index (κ1) is 31.5. The Kier molecular flexibility index (Phi) is 10.2. The van der Waals surface area contributed by atoms with Crippen molar-refractivity contribution in [3.8, 4) is 11.5 Å². The molecule has 1 aromatic heterocycles. The van der Waals surface area contributed by atoms with Crippen molar-refractivity contribution in [2.75, 3.05) is 11.9 Å². The maximum absolute atomic E-state index is 13.9. The van der Waals surface area contributed by atoms with Crippen LogP contribution in [0.15, 0.2) is 53.5 Å². The van der Waals surface area contributed by atoms with Crippen LogP contribution >= 0.6 is 11.3 Å². The summed E-state index contributed by atoms with van der Waals surface area (Å²) < 4.78 is 12.3. The Morgan fingerprint density at radius 1 is 0.841 bits per heavy atom. The van der Waals surface area contributed by atoms with E-state index in [-0.39, 0.29) is 5.91 Å². The van der Waals surface area contributed by atoms with Gasteiger partial charge in [-0.2, -0.15) is 0 Å². The van der Waals surface area contributed by atoms with Crippen molar-refractivity contribution in [3.05, 3.63) is 103 Å². The van der Waals surface area contributed by atoms with Crippen molar-refractivity contribution in [2.24, 2.45) is 4.99 Å². The third-order valence-corrected chi connectivity index (χ3v) is 9.53. The molecule has 0 saturated carbocycles. The molecule has 4 aromatic rings. The van der Waals surface area contributed by atoms with Crippen molar-refractivity contribution < 1.29 is 14.3 Å². The first-order chi connectivity index (χ1) is 21.2. The molecule has 0 bridgehead atoms. The molecule has 0 spiro atoms. The number of fused-ring (bicyclic) bond motifs is 1. The van der Waals surface area contributed by atoms with Gasteiger partial charge in [-0.1, -0.05) is 42.7 Å². The fraction of sp³-hybridized carbons (Fsp3) is 0.368. The predicted octanol–water partition coefficient (Wildman–Crippen LogP) is 9.93. The van der Waals surface area contributed by atoms with Gasteiger partial charge in [0.2, 0.25) is 0 Å². The highest BCUT2D eigenvalue weighted by Gasteiger charge is 2.24. The molecule has 44 heavy (non-hydrogen) atoms. The van der Waals surface area contributed by atoms with E-state index >= 15 is 0 Å². The first-order valence-corrected chi connectivity index (χ1v) is 16.6. The van der Waals surface area contributed by atoms with Crippen LogP contribution in [0.4, 0.5) is 10.7 Å². The average molecular weight is 609 g/mol. The number of carbonyl (C=O) groups is 1. The molecule has 0 saturated heterocycles. The molecule has 5 rings (SSSR count). The van der Waals surface area contributed by atoms with Crippen LogP contribution in [0.5, 0.6) is 11.5 Å². The Hall–Kier alpha value is -3.90. The molecule has 0 radical (unpaired) electrons. The number of carbonyl (C=O) groups excluding carboxylic acids is 1. The summed E-state index contributed by atoms with van der Waals surface area (Å²) in [6.45, 7) is 13.4. The summed E-state index contributed by atoms with van der Waals surface area (Å²) in [4.78, 5) is 20.1. The van der Waals surface area contributed by atoms with Gasteiger partial charge in [-0.15, -0.1) is 11.3 Å². The smallest absolute Gasteiger partial charge is 0.259 e. The summed E-state index contributed by atoms with van der Waals surface area (Å²) in [7, 11) is 0. The maximum Gasteiger partial charge on any atom is 0.259 e. The summed E-state index contributed by atoms with van der Waals surface area (Å²) in [5.41, 5.74) is 10.7. The zero-order valence-electron chi connectivity index (χ0n) is 26.9. The van der Waals surface area contributed by atoms with Crippen molar-refractivity contribution in [1.29, 1.82) is 0 Å². The molecule has 0 atom stereocenters. The van der Waals surface area contributed by atoms with Crippen molar-refractivity contribution >= 4 is 34.1 Å². The molecule has 0 unspecified atom stereocenters. The lowest BCUT2D eigenvalue weighted by Crippen LogP contribution is -2.15. The Balaban J connectivity index is 1.43. The molecule has 230 valence electrons. The van der Waals surface area contributed by atoms with E-state index in [9.17, 15) is 4.79 Å². The summed E-state index contributed by atoms with van der Waals surface area (Å²) in [5.74, 6) is 1.31. The van der Waals surface area contributed by atoms with Crippen molar-refractivity contribution in [1.82, 2.24) is 0 Å². The Morgan fingerprint density at radius 3 is 2.34 bits per heavy atom. The Labute approximate surface area is 266 Å². The maximum atomic E-state index is 13.9. The van der Waals surface area contributed by atoms with Gasteiger partial charge < -0.3 is 14.8 Å². The lowest BCUT2D eigenvalue weighted by atomic mass is 9.96. The number of anilines is 1. The minimum atomic E-state index is -0.0793. The lowest BCUT2D eigenvalue weighted by Gasteiger charge is -2.15.